The third-order valence-electron chi connectivity index (χ3n) is 2.76. The van der Waals surface area contributed by atoms with E-state index in [0.717, 1.165) is 19.6 Å². The average molecular weight is 197 g/mol. The van der Waals surface area contributed by atoms with Gasteiger partial charge in [-0.3, -0.25) is 9.69 Å². The molecule has 1 aliphatic heterocycles. The molecule has 1 saturated carbocycles. The lowest BCUT2D eigenvalue weighted by Crippen LogP contribution is -2.52. The standard InChI is InChI=1S/C10H19N3O/c1-8-6-13(5-4-11-8)7-10(14)12-9-2-3-9/h8-9,11H,2-7H2,1H3,(H,12,14)/t8-/m1/s1. The van der Waals surface area contributed by atoms with E-state index < -0.39 is 0 Å². The summed E-state index contributed by atoms with van der Waals surface area (Å²) in [5.74, 6) is 0.196. The molecule has 2 rings (SSSR count). The molecule has 1 amide bonds. The third-order valence-corrected chi connectivity index (χ3v) is 2.76. The Hall–Kier alpha value is -0.610. The first-order valence-corrected chi connectivity index (χ1v) is 5.49. The SMILES string of the molecule is C[C@@H]1CN(CC(=O)NC2CC2)CCN1. The lowest BCUT2D eigenvalue weighted by Gasteiger charge is -2.31. The van der Waals surface area contributed by atoms with Crippen LogP contribution in [0.15, 0.2) is 0 Å². The first-order valence-electron chi connectivity index (χ1n) is 5.49. The molecule has 0 bridgehead atoms. The van der Waals surface area contributed by atoms with Gasteiger partial charge in [0.15, 0.2) is 0 Å². The minimum Gasteiger partial charge on any atom is -0.352 e. The van der Waals surface area contributed by atoms with Gasteiger partial charge in [0.05, 0.1) is 6.54 Å². The fourth-order valence-electron chi connectivity index (χ4n) is 1.86. The van der Waals surface area contributed by atoms with Gasteiger partial charge in [0, 0.05) is 31.7 Å². The Bertz CT molecular complexity index is 215. The van der Waals surface area contributed by atoms with Crippen molar-refractivity contribution in [2.75, 3.05) is 26.2 Å². The van der Waals surface area contributed by atoms with E-state index in [1.807, 2.05) is 0 Å². The Morgan fingerprint density at radius 3 is 3.00 bits per heavy atom. The number of carbonyl (C=O) groups is 1. The van der Waals surface area contributed by atoms with Gasteiger partial charge in [-0.15, -0.1) is 0 Å². The molecule has 2 aliphatic rings. The van der Waals surface area contributed by atoms with Gasteiger partial charge in [-0.1, -0.05) is 0 Å². The second-order valence-electron chi connectivity index (χ2n) is 4.43. The molecule has 4 heteroatoms. The summed E-state index contributed by atoms with van der Waals surface area (Å²) in [4.78, 5) is 13.7. The zero-order chi connectivity index (χ0) is 9.97. The van der Waals surface area contributed by atoms with Crippen molar-refractivity contribution in [2.24, 2.45) is 0 Å². The molecule has 80 valence electrons. The Kier molecular flexibility index (Phi) is 3.03. The summed E-state index contributed by atoms with van der Waals surface area (Å²) in [5, 5.41) is 6.38. The van der Waals surface area contributed by atoms with Crippen LogP contribution in [0.1, 0.15) is 19.8 Å². The first-order chi connectivity index (χ1) is 6.74. The molecule has 14 heavy (non-hydrogen) atoms. The summed E-state index contributed by atoms with van der Waals surface area (Å²) >= 11 is 0. The van der Waals surface area contributed by atoms with Crippen LogP contribution >= 0.6 is 0 Å². The Labute approximate surface area is 85.0 Å². The van der Waals surface area contributed by atoms with Crippen molar-refractivity contribution >= 4 is 5.91 Å². The molecule has 2 N–H and O–H groups in total. The number of nitrogens with one attached hydrogen (secondary N) is 2. The Morgan fingerprint density at radius 1 is 1.57 bits per heavy atom. The molecule has 0 aromatic rings. The molecular weight excluding hydrogens is 178 g/mol. The van der Waals surface area contributed by atoms with E-state index in [9.17, 15) is 4.79 Å². The van der Waals surface area contributed by atoms with Crippen molar-refractivity contribution < 1.29 is 4.79 Å². The van der Waals surface area contributed by atoms with Gasteiger partial charge < -0.3 is 10.6 Å². The predicted octanol–water partition coefficient (Wildman–Crippen LogP) is -0.441. The van der Waals surface area contributed by atoms with Crippen molar-refractivity contribution in [1.82, 2.24) is 15.5 Å². The fourth-order valence-corrected chi connectivity index (χ4v) is 1.86. The normalized spacial score (nSPS) is 28.8. The lowest BCUT2D eigenvalue weighted by atomic mass is 10.2. The molecule has 4 nitrogen and oxygen atoms in total. The van der Waals surface area contributed by atoms with Crippen LogP contribution in [-0.4, -0.2) is 49.1 Å². The molecule has 1 aliphatic carbocycles. The van der Waals surface area contributed by atoms with Crippen LogP contribution in [0.4, 0.5) is 0 Å². The minimum absolute atomic E-state index is 0.196. The van der Waals surface area contributed by atoms with Crippen LogP contribution in [0.2, 0.25) is 0 Å². The van der Waals surface area contributed by atoms with E-state index in [0.29, 0.717) is 18.6 Å². The van der Waals surface area contributed by atoms with Gasteiger partial charge in [0.1, 0.15) is 0 Å². The number of amides is 1. The molecule has 0 aromatic carbocycles. The highest BCUT2D eigenvalue weighted by molar-refractivity contribution is 5.78. The van der Waals surface area contributed by atoms with Gasteiger partial charge in [-0.25, -0.2) is 0 Å². The largest absolute Gasteiger partial charge is 0.352 e. The maximum Gasteiger partial charge on any atom is 0.234 e. The van der Waals surface area contributed by atoms with Gasteiger partial charge in [-0.2, -0.15) is 0 Å². The van der Waals surface area contributed by atoms with Gasteiger partial charge in [0.25, 0.3) is 0 Å². The summed E-state index contributed by atoms with van der Waals surface area (Å²) in [6, 6.07) is 1.00. The van der Waals surface area contributed by atoms with Crippen molar-refractivity contribution in [3.63, 3.8) is 0 Å². The minimum atomic E-state index is 0.196. The average Bonchev–Trinajstić information content (AvgIpc) is 2.87. The van der Waals surface area contributed by atoms with E-state index in [1.54, 1.807) is 0 Å². The maximum atomic E-state index is 11.5. The number of piperazine rings is 1. The van der Waals surface area contributed by atoms with Crippen molar-refractivity contribution in [1.29, 1.82) is 0 Å². The number of hydrogen-bond acceptors (Lipinski definition) is 3. The van der Waals surface area contributed by atoms with E-state index in [4.69, 9.17) is 0 Å². The monoisotopic (exact) mass is 197 g/mol. The highest BCUT2D eigenvalue weighted by Gasteiger charge is 2.24. The van der Waals surface area contributed by atoms with Gasteiger partial charge >= 0.3 is 0 Å². The number of carbonyl (C=O) groups excluding carboxylic acids is 1. The fraction of sp³-hybridized carbons (Fsp3) is 0.900. The smallest absolute Gasteiger partial charge is 0.234 e. The molecule has 1 atom stereocenters. The predicted molar refractivity (Wildman–Crippen MR) is 55.1 cm³/mol. The molecule has 1 heterocycles. The third kappa shape index (κ3) is 2.96. The quantitative estimate of drug-likeness (QED) is 0.644. The second kappa shape index (κ2) is 4.28. The van der Waals surface area contributed by atoms with Crippen LogP contribution in [0, 0.1) is 0 Å². The van der Waals surface area contributed by atoms with Crippen LogP contribution in [0.5, 0.6) is 0 Å². The highest BCUT2D eigenvalue weighted by atomic mass is 16.2. The lowest BCUT2D eigenvalue weighted by molar-refractivity contribution is -0.122. The van der Waals surface area contributed by atoms with Gasteiger partial charge in [-0.05, 0) is 19.8 Å². The van der Waals surface area contributed by atoms with E-state index >= 15 is 0 Å². The molecule has 0 aromatic heterocycles. The summed E-state index contributed by atoms with van der Waals surface area (Å²) in [7, 11) is 0. The summed E-state index contributed by atoms with van der Waals surface area (Å²) in [6.45, 7) is 5.70. The summed E-state index contributed by atoms with van der Waals surface area (Å²) in [5.41, 5.74) is 0. The zero-order valence-corrected chi connectivity index (χ0v) is 8.75. The van der Waals surface area contributed by atoms with Crippen molar-refractivity contribution in [3.8, 4) is 0 Å². The molecule has 2 fully saturated rings. The van der Waals surface area contributed by atoms with Crippen LogP contribution in [0.25, 0.3) is 0 Å². The second-order valence-corrected chi connectivity index (χ2v) is 4.43. The summed E-state index contributed by atoms with van der Waals surface area (Å²) < 4.78 is 0. The summed E-state index contributed by atoms with van der Waals surface area (Å²) in [6.07, 6.45) is 2.34. The van der Waals surface area contributed by atoms with Crippen molar-refractivity contribution in [2.45, 2.75) is 31.8 Å². The van der Waals surface area contributed by atoms with Crippen LogP contribution < -0.4 is 10.6 Å². The highest BCUT2D eigenvalue weighted by Crippen LogP contribution is 2.18. The van der Waals surface area contributed by atoms with Crippen molar-refractivity contribution in [3.05, 3.63) is 0 Å². The first kappa shape index (κ1) is 9.93. The Balaban J connectivity index is 1.69. The number of nitrogens with zero attached hydrogens (tertiary/aromatic N) is 1. The number of rotatable bonds is 3. The molecule has 0 spiro atoms. The van der Waals surface area contributed by atoms with Crippen LogP contribution in [0.3, 0.4) is 0 Å². The zero-order valence-electron chi connectivity index (χ0n) is 8.75. The molecular formula is C10H19N3O. The maximum absolute atomic E-state index is 11.5. The van der Waals surface area contributed by atoms with E-state index in [-0.39, 0.29) is 5.91 Å². The topological polar surface area (TPSA) is 44.4 Å². The van der Waals surface area contributed by atoms with E-state index in [2.05, 4.69) is 22.5 Å². The van der Waals surface area contributed by atoms with Gasteiger partial charge in [0.2, 0.25) is 5.91 Å². The van der Waals surface area contributed by atoms with Crippen LogP contribution in [-0.2, 0) is 4.79 Å². The Morgan fingerprint density at radius 2 is 2.36 bits per heavy atom. The molecule has 0 radical (unpaired) electrons. The molecule has 1 saturated heterocycles. The number of hydrogen-bond donors (Lipinski definition) is 2. The van der Waals surface area contributed by atoms with E-state index in [1.165, 1.54) is 12.8 Å². The molecule has 0 unspecified atom stereocenters.